The molecule has 2 N–H and O–H groups in total. The van der Waals surface area contributed by atoms with Crippen molar-refractivity contribution in [3.8, 4) is 0 Å². The maximum Gasteiger partial charge on any atom is 0.471 e. The Morgan fingerprint density at radius 2 is 1.85 bits per heavy atom. The number of nitrogens with zero attached hydrogens (tertiary/aromatic N) is 2. The Morgan fingerprint density at radius 3 is 2.49 bits per heavy atom. The number of nitrogens with one attached hydrogen (secondary N) is 1. The van der Waals surface area contributed by atoms with Gasteiger partial charge in [-0.2, -0.15) is 13.2 Å². The minimum atomic E-state index is -4.97. The predicted molar refractivity (Wildman–Crippen MR) is 214 cm³/mol. The first-order chi connectivity index (χ1) is 27.0. The lowest BCUT2D eigenvalue weighted by atomic mass is 9.78. The molecule has 2 unspecified atom stereocenters. The Morgan fingerprint density at radius 1 is 1.17 bits per heavy atom. The quantitative estimate of drug-likeness (QED) is 0.164. The fraction of sp³-hybridized carbons (Fsp3) is 0.643. The predicted octanol–water partition coefficient (Wildman–Crippen LogP) is 5.94. The molecule has 4 rings (SSSR count). The van der Waals surface area contributed by atoms with E-state index in [9.17, 15) is 42.3 Å². The first-order valence-corrected chi connectivity index (χ1v) is 19.7. The molecule has 8 atom stereocenters. The number of carbonyl (C=O) groups excluding carboxylic acids is 5. The third-order valence-electron chi connectivity index (χ3n) is 11.4. The van der Waals surface area contributed by atoms with Gasteiger partial charge in [0.05, 0.1) is 29.7 Å². The van der Waals surface area contributed by atoms with Crippen molar-refractivity contribution < 1.29 is 61.2 Å². The van der Waals surface area contributed by atoms with Crippen molar-refractivity contribution in [3.05, 3.63) is 52.1 Å². The fourth-order valence-corrected chi connectivity index (χ4v) is 7.80. The Hall–Kier alpha value is -3.99. The zero-order valence-electron chi connectivity index (χ0n) is 34.2. The van der Waals surface area contributed by atoms with E-state index in [0.717, 1.165) is 16.7 Å². The van der Waals surface area contributed by atoms with Crippen molar-refractivity contribution in [2.75, 3.05) is 32.6 Å². The lowest BCUT2D eigenvalue weighted by Gasteiger charge is -2.41. The van der Waals surface area contributed by atoms with E-state index < -0.39 is 83.4 Å². The molecule has 1 aromatic rings. The van der Waals surface area contributed by atoms with Crippen LogP contribution in [-0.2, 0) is 49.3 Å². The Bertz CT molecular complexity index is 1790. The van der Waals surface area contributed by atoms with Crippen molar-refractivity contribution >= 4 is 46.9 Å². The van der Waals surface area contributed by atoms with Gasteiger partial charge in [-0.1, -0.05) is 62.2 Å². The highest BCUT2D eigenvalue weighted by molar-refractivity contribution is 6.34. The zero-order chi connectivity index (χ0) is 43.3. The van der Waals surface area contributed by atoms with E-state index >= 15 is 0 Å². The highest BCUT2D eigenvalue weighted by Gasteiger charge is 2.64. The molecule has 3 amide bonds. The van der Waals surface area contributed by atoms with Crippen molar-refractivity contribution in [2.24, 2.45) is 5.92 Å². The molecule has 0 aliphatic carbocycles. The third kappa shape index (κ3) is 12.1. The number of aliphatic hydroxyl groups is 1. The largest absolute Gasteiger partial charge is 0.471 e. The number of methoxy groups -OCH3 is 1. The van der Waals surface area contributed by atoms with E-state index in [1.165, 1.54) is 30.9 Å². The second-order valence-electron chi connectivity index (χ2n) is 15.9. The molecule has 4 bridgehead atoms. The van der Waals surface area contributed by atoms with Crippen LogP contribution in [0.15, 0.2) is 35.9 Å². The van der Waals surface area contributed by atoms with E-state index in [1.807, 2.05) is 32.1 Å². The third-order valence-corrected chi connectivity index (χ3v) is 11.9. The minimum absolute atomic E-state index is 0. The van der Waals surface area contributed by atoms with Gasteiger partial charge in [0, 0.05) is 46.5 Å². The van der Waals surface area contributed by atoms with Crippen LogP contribution in [0, 0.1) is 12.8 Å². The van der Waals surface area contributed by atoms with Gasteiger partial charge in [-0.25, -0.2) is 4.79 Å². The number of amides is 3. The summed E-state index contributed by atoms with van der Waals surface area (Å²) in [7, 11) is 4.43. The summed E-state index contributed by atoms with van der Waals surface area (Å²) in [5.74, 6) is -4.89. The van der Waals surface area contributed by atoms with Gasteiger partial charge in [0.2, 0.25) is 11.8 Å². The average Bonchev–Trinajstić information content (AvgIpc) is 3.85. The lowest BCUT2D eigenvalue weighted by Crippen LogP contribution is -2.53. The Labute approximate surface area is 349 Å². The number of fused-ring (bicyclic) bond motifs is 5. The molecule has 3 aliphatic rings. The van der Waals surface area contributed by atoms with Gasteiger partial charge in [0.15, 0.2) is 0 Å². The van der Waals surface area contributed by atoms with Crippen LogP contribution in [0.5, 0.6) is 0 Å². The summed E-state index contributed by atoms with van der Waals surface area (Å²) in [4.78, 5) is 67.5. The number of epoxide rings is 1. The number of hydrogen-bond donors (Lipinski definition) is 2. The molecular weight excluding hydrogens is 799 g/mol. The molecule has 2 fully saturated rings. The average molecular weight is 858 g/mol. The maximum atomic E-state index is 14.1. The van der Waals surface area contributed by atoms with Crippen molar-refractivity contribution in [1.29, 1.82) is 0 Å². The van der Waals surface area contributed by atoms with Gasteiger partial charge in [-0.05, 0) is 64.2 Å². The van der Waals surface area contributed by atoms with Crippen LogP contribution in [0.3, 0.4) is 0 Å². The molecule has 0 spiro atoms. The number of esters is 2. The smallest absolute Gasteiger partial charge is 0.462 e. The SMILES string of the molecule is C.CO[C@@H]1/C=C/C=C(\C)Cc2cc(C)c(Cl)c(c2)N(C)C(=O)C[C@H](OC(=O)[C@H](C)N(C)C(=O)CCCCCNC(=O)C(F)(F)F)[C@]2(C)OC2[C@H](C)C2C[C@@]1(O)CC(=O)O2. The molecule has 13 nitrogen and oxygen atoms in total. The van der Waals surface area contributed by atoms with Crippen LogP contribution in [0.1, 0.15) is 91.2 Å². The molecule has 1 aromatic carbocycles. The number of aryl methyl sites for hydroxylation is 1. The second kappa shape index (κ2) is 20.0. The van der Waals surface area contributed by atoms with E-state index in [4.69, 9.17) is 30.5 Å². The van der Waals surface area contributed by atoms with Gasteiger partial charge in [0.25, 0.3) is 0 Å². The number of anilines is 1. The molecular formula is C42H59ClF3N3O10. The molecule has 330 valence electrons. The molecule has 59 heavy (non-hydrogen) atoms. The first kappa shape index (κ1) is 49.4. The van der Waals surface area contributed by atoms with Crippen LogP contribution in [0.4, 0.5) is 18.9 Å². The van der Waals surface area contributed by atoms with Crippen LogP contribution in [0.25, 0.3) is 0 Å². The number of halogens is 4. The normalized spacial score (nSPS) is 29.4. The summed E-state index contributed by atoms with van der Waals surface area (Å²) < 4.78 is 60.9. The molecule has 0 radical (unpaired) electrons. The zero-order valence-corrected chi connectivity index (χ0v) is 35.0. The molecule has 0 aromatic heterocycles. The van der Waals surface area contributed by atoms with Crippen molar-refractivity contribution in [3.63, 3.8) is 0 Å². The highest BCUT2D eigenvalue weighted by atomic mass is 35.5. The number of carbonyl (C=O) groups is 5. The molecule has 0 saturated carbocycles. The van der Waals surface area contributed by atoms with Gasteiger partial charge in [-0.3, -0.25) is 19.2 Å². The molecule has 3 heterocycles. The summed E-state index contributed by atoms with van der Waals surface area (Å²) in [5.41, 5.74) is 0.146. The number of ether oxygens (including phenoxy) is 4. The van der Waals surface area contributed by atoms with E-state index in [2.05, 4.69) is 0 Å². The summed E-state index contributed by atoms with van der Waals surface area (Å²) in [5, 5.41) is 14.0. The Balaban J connectivity index is 0.00000930. The van der Waals surface area contributed by atoms with E-state index in [1.54, 1.807) is 38.4 Å². The summed E-state index contributed by atoms with van der Waals surface area (Å²) in [6.45, 7) is 8.50. The number of hydrogen-bond acceptors (Lipinski definition) is 10. The first-order valence-electron chi connectivity index (χ1n) is 19.4. The molecule has 3 aliphatic heterocycles. The minimum Gasteiger partial charge on any atom is -0.462 e. The van der Waals surface area contributed by atoms with Gasteiger partial charge < -0.3 is 39.2 Å². The van der Waals surface area contributed by atoms with E-state index in [-0.39, 0.29) is 46.1 Å². The number of rotatable bonds is 10. The van der Waals surface area contributed by atoms with Gasteiger partial charge >= 0.3 is 24.0 Å². The maximum absolute atomic E-state index is 14.1. The van der Waals surface area contributed by atoms with Crippen LogP contribution in [0.2, 0.25) is 5.02 Å². The number of likely N-dealkylation sites (N-methyl/N-ethyl adjacent to an activating group) is 1. The second-order valence-corrected chi connectivity index (χ2v) is 16.3. The topological polar surface area (TPSA) is 164 Å². The van der Waals surface area contributed by atoms with Gasteiger partial charge in [-0.15, -0.1) is 0 Å². The molecule has 2 saturated heterocycles. The monoisotopic (exact) mass is 857 g/mol. The van der Waals surface area contributed by atoms with Crippen LogP contribution in [-0.4, -0.2) is 115 Å². The Kier molecular flexibility index (Phi) is 16.8. The number of allylic oxidation sites excluding steroid dienone is 3. The summed E-state index contributed by atoms with van der Waals surface area (Å²) >= 11 is 6.76. The van der Waals surface area contributed by atoms with Crippen LogP contribution < -0.4 is 10.2 Å². The number of alkyl halides is 3. The van der Waals surface area contributed by atoms with E-state index in [0.29, 0.717) is 30.0 Å². The number of benzene rings is 1. The molecule has 17 heteroatoms. The fourth-order valence-electron chi connectivity index (χ4n) is 7.56. The van der Waals surface area contributed by atoms with Crippen LogP contribution >= 0.6 is 11.6 Å². The lowest BCUT2D eigenvalue weighted by molar-refractivity contribution is -0.187. The summed E-state index contributed by atoms with van der Waals surface area (Å²) in [6, 6.07) is 2.63. The van der Waals surface area contributed by atoms with Crippen molar-refractivity contribution in [1.82, 2.24) is 10.2 Å². The van der Waals surface area contributed by atoms with Crippen molar-refractivity contribution in [2.45, 2.75) is 141 Å². The standard InChI is InChI=1S/C41H55ClF3N3O10.CH4/c1-23-13-12-14-30(55-8)40(54)21-29(56-34(51)22-40)25(3)36-39(5,58-36)31(20-33(50)48(7)28-19-27(17-23)18-24(2)35(28)42)57-37(52)26(4)47(6)32(49)15-10-9-11-16-46-38(53)41(43,44)45;/h12-14,18-19,25-26,29-31,36,54H,9-11,15-17,20-22H2,1-8H3,(H,46,53);1H4/b14-12+,23-13+;/t25-,26+,29?,30-,31+,36?,39+,40-;/m1./s1. The summed E-state index contributed by atoms with van der Waals surface area (Å²) in [6.07, 6.45) is -2.49. The highest BCUT2D eigenvalue weighted by Crippen LogP contribution is 2.49. The number of unbranched alkanes of at least 4 members (excludes halogenated alkanes) is 2. The van der Waals surface area contributed by atoms with Gasteiger partial charge in [0.1, 0.15) is 35.6 Å².